The highest BCUT2D eigenvalue weighted by molar-refractivity contribution is 9.10. The van der Waals surface area contributed by atoms with E-state index in [0.29, 0.717) is 16.8 Å². The number of hydrogen-bond donors (Lipinski definition) is 1. The summed E-state index contributed by atoms with van der Waals surface area (Å²) in [5.41, 5.74) is 0.877. The van der Waals surface area contributed by atoms with Gasteiger partial charge in [-0.2, -0.15) is 0 Å². The van der Waals surface area contributed by atoms with Gasteiger partial charge in [0, 0.05) is 16.4 Å². The van der Waals surface area contributed by atoms with Gasteiger partial charge in [0.15, 0.2) is 0 Å². The van der Waals surface area contributed by atoms with E-state index in [1.54, 1.807) is 0 Å². The van der Waals surface area contributed by atoms with Crippen LogP contribution in [0, 0.1) is 0 Å². The summed E-state index contributed by atoms with van der Waals surface area (Å²) in [5, 5.41) is 12.2. The van der Waals surface area contributed by atoms with Crippen LogP contribution in [0.25, 0.3) is 11.5 Å². The quantitative estimate of drug-likeness (QED) is 0.787. The number of aromatic nitrogens is 2. The molecule has 21 heavy (non-hydrogen) atoms. The van der Waals surface area contributed by atoms with Gasteiger partial charge in [-0.3, -0.25) is 0 Å². The highest BCUT2D eigenvalue weighted by Gasteiger charge is 2.14. The highest BCUT2D eigenvalue weighted by atomic mass is 79.9. The molecule has 0 unspecified atom stereocenters. The maximum Gasteiger partial charge on any atom is 0.249 e. The van der Waals surface area contributed by atoms with Gasteiger partial charge in [-0.05, 0) is 61.8 Å². The lowest BCUT2D eigenvalue weighted by molar-refractivity contribution is 0.412. The van der Waals surface area contributed by atoms with E-state index in [0.717, 1.165) is 29.4 Å². The predicted octanol–water partition coefficient (Wildman–Crippen LogP) is 4.47. The molecule has 0 spiro atoms. The van der Waals surface area contributed by atoms with Gasteiger partial charge in [-0.1, -0.05) is 17.7 Å². The molecule has 1 aromatic carbocycles. The van der Waals surface area contributed by atoms with E-state index in [4.69, 9.17) is 16.0 Å². The summed E-state index contributed by atoms with van der Waals surface area (Å²) in [6.07, 6.45) is 1.70. The first-order valence-electron chi connectivity index (χ1n) is 6.88. The molecule has 2 aromatic rings. The standard InChI is InChI=1S/C15H19BrClN3O/c1-15(2,3)18-9-5-8-12-19-20-14(21-12)10-6-4-7-11(16)13(10)17/h4,6-7,18H,5,8-9H2,1-3H3. The van der Waals surface area contributed by atoms with E-state index in [1.165, 1.54) is 0 Å². The summed E-state index contributed by atoms with van der Waals surface area (Å²) in [6, 6.07) is 5.63. The van der Waals surface area contributed by atoms with Crippen molar-refractivity contribution in [1.29, 1.82) is 0 Å². The Morgan fingerprint density at radius 2 is 2.05 bits per heavy atom. The first-order valence-corrected chi connectivity index (χ1v) is 8.06. The Balaban J connectivity index is 1.97. The zero-order valence-electron chi connectivity index (χ0n) is 12.4. The van der Waals surface area contributed by atoms with Crippen LogP contribution in [0.3, 0.4) is 0 Å². The molecule has 0 fully saturated rings. The second kappa shape index (κ2) is 6.90. The fourth-order valence-electron chi connectivity index (χ4n) is 1.84. The third kappa shape index (κ3) is 4.80. The normalized spacial score (nSPS) is 11.9. The van der Waals surface area contributed by atoms with Crippen LogP contribution in [0.2, 0.25) is 5.02 Å². The van der Waals surface area contributed by atoms with Crippen LogP contribution < -0.4 is 5.32 Å². The van der Waals surface area contributed by atoms with E-state index in [9.17, 15) is 0 Å². The van der Waals surface area contributed by atoms with Gasteiger partial charge in [-0.25, -0.2) is 0 Å². The molecule has 0 aliphatic carbocycles. The monoisotopic (exact) mass is 371 g/mol. The summed E-state index contributed by atoms with van der Waals surface area (Å²) in [4.78, 5) is 0. The molecule has 1 N–H and O–H groups in total. The summed E-state index contributed by atoms with van der Waals surface area (Å²) in [5.74, 6) is 1.09. The molecule has 0 atom stereocenters. The van der Waals surface area contributed by atoms with Crippen LogP contribution in [0.15, 0.2) is 27.1 Å². The van der Waals surface area contributed by atoms with Crippen molar-refractivity contribution in [2.45, 2.75) is 39.2 Å². The van der Waals surface area contributed by atoms with Gasteiger partial charge in [0.25, 0.3) is 0 Å². The van der Waals surface area contributed by atoms with Crippen molar-refractivity contribution < 1.29 is 4.42 Å². The minimum absolute atomic E-state index is 0.129. The molecule has 0 saturated heterocycles. The zero-order chi connectivity index (χ0) is 15.5. The number of nitrogens with zero attached hydrogens (tertiary/aromatic N) is 2. The largest absolute Gasteiger partial charge is 0.421 e. The predicted molar refractivity (Wildman–Crippen MR) is 88.5 cm³/mol. The first kappa shape index (κ1) is 16.5. The Kier molecular flexibility index (Phi) is 5.41. The second-order valence-corrected chi connectivity index (χ2v) is 7.11. The molecule has 0 aliphatic heterocycles. The van der Waals surface area contributed by atoms with Crippen LogP contribution in [0.1, 0.15) is 33.1 Å². The molecule has 0 aliphatic rings. The van der Waals surface area contributed by atoms with Crippen LogP contribution in [-0.4, -0.2) is 22.3 Å². The van der Waals surface area contributed by atoms with Crippen molar-refractivity contribution in [3.05, 3.63) is 33.6 Å². The SMILES string of the molecule is CC(C)(C)NCCCc1nnc(-c2cccc(Br)c2Cl)o1. The van der Waals surface area contributed by atoms with E-state index < -0.39 is 0 Å². The summed E-state index contributed by atoms with van der Waals surface area (Å²) >= 11 is 9.62. The molecular weight excluding hydrogens is 354 g/mol. The average Bonchev–Trinajstić information content (AvgIpc) is 2.85. The Hall–Kier alpha value is -0.910. The average molecular weight is 373 g/mol. The van der Waals surface area contributed by atoms with Gasteiger partial charge in [0.1, 0.15) is 0 Å². The lowest BCUT2D eigenvalue weighted by atomic mass is 10.1. The molecule has 0 radical (unpaired) electrons. The Labute approximate surface area is 138 Å². The van der Waals surface area contributed by atoms with Crippen LogP contribution in [0.5, 0.6) is 0 Å². The van der Waals surface area contributed by atoms with Gasteiger partial charge in [0.05, 0.1) is 10.6 Å². The molecule has 1 aromatic heterocycles. The fourth-order valence-corrected chi connectivity index (χ4v) is 2.41. The highest BCUT2D eigenvalue weighted by Crippen LogP contribution is 2.32. The van der Waals surface area contributed by atoms with Crippen molar-refractivity contribution in [2.75, 3.05) is 6.54 Å². The lowest BCUT2D eigenvalue weighted by Gasteiger charge is -2.19. The zero-order valence-corrected chi connectivity index (χ0v) is 14.8. The van der Waals surface area contributed by atoms with Crippen molar-refractivity contribution in [1.82, 2.24) is 15.5 Å². The minimum atomic E-state index is 0.129. The second-order valence-electron chi connectivity index (χ2n) is 5.88. The van der Waals surface area contributed by atoms with Crippen molar-refractivity contribution >= 4 is 27.5 Å². The number of nitrogens with one attached hydrogen (secondary N) is 1. The van der Waals surface area contributed by atoms with E-state index in [1.807, 2.05) is 18.2 Å². The molecular formula is C15H19BrClN3O. The number of aryl methyl sites for hydroxylation is 1. The molecule has 2 rings (SSSR count). The Morgan fingerprint density at radius 1 is 1.29 bits per heavy atom. The molecule has 0 bridgehead atoms. The third-order valence-corrected chi connectivity index (χ3v) is 4.17. The molecule has 4 nitrogen and oxygen atoms in total. The maximum absolute atomic E-state index is 6.23. The van der Waals surface area contributed by atoms with E-state index in [-0.39, 0.29) is 5.54 Å². The number of halogens is 2. The van der Waals surface area contributed by atoms with Crippen molar-refractivity contribution in [3.8, 4) is 11.5 Å². The maximum atomic E-state index is 6.23. The number of benzene rings is 1. The van der Waals surface area contributed by atoms with Gasteiger partial charge in [0.2, 0.25) is 11.8 Å². The van der Waals surface area contributed by atoms with Crippen LogP contribution in [0.4, 0.5) is 0 Å². The fraction of sp³-hybridized carbons (Fsp3) is 0.467. The summed E-state index contributed by atoms with van der Waals surface area (Å²) < 4.78 is 6.50. The molecule has 6 heteroatoms. The van der Waals surface area contributed by atoms with Gasteiger partial charge in [-0.15, -0.1) is 10.2 Å². The van der Waals surface area contributed by atoms with E-state index in [2.05, 4.69) is 52.2 Å². The minimum Gasteiger partial charge on any atom is -0.421 e. The topological polar surface area (TPSA) is 51.0 Å². The molecule has 114 valence electrons. The Bertz CT molecular complexity index is 607. The molecule has 0 amide bonds. The van der Waals surface area contributed by atoms with Gasteiger partial charge < -0.3 is 9.73 Å². The van der Waals surface area contributed by atoms with Crippen LogP contribution >= 0.6 is 27.5 Å². The lowest BCUT2D eigenvalue weighted by Crippen LogP contribution is -2.36. The summed E-state index contributed by atoms with van der Waals surface area (Å²) in [6.45, 7) is 7.35. The molecule has 1 heterocycles. The Morgan fingerprint density at radius 3 is 2.76 bits per heavy atom. The van der Waals surface area contributed by atoms with Crippen molar-refractivity contribution in [2.24, 2.45) is 0 Å². The summed E-state index contributed by atoms with van der Waals surface area (Å²) in [7, 11) is 0. The smallest absolute Gasteiger partial charge is 0.249 e. The van der Waals surface area contributed by atoms with Crippen molar-refractivity contribution in [3.63, 3.8) is 0 Å². The van der Waals surface area contributed by atoms with Crippen LogP contribution in [-0.2, 0) is 6.42 Å². The van der Waals surface area contributed by atoms with Gasteiger partial charge >= 0.3 is 0 Å². The third-order valence-electron chi connectivity index (χ3n) is 2.87. The van der Waals surface area contributed by atoms with E-state index >= 15 is 0 Å². The molecule has 0 saturated carbocycles. The number of hydrogen-bond acceptors (Lipinski definition) is 4. The first-order chi connectivity index (χ1) is 9.87. The number of rotatable bonds is 5.